The van der Waals surface area contributed by atoms with Gasteiger partial charge in [0.15, 0.2) is 0 Å². The molecular weight excluding hydrogens is 493 g/mol. The molecular formula is C32H48FN3O3. The molecule has 0 N–H and O–H groups in total. The number of ether oxygens (including phenoxy) is 1. The van der Waals surface area contributed by atoms with Crippen molar-refractivity contribution in [3.63, 3.8) is 0 Å². The molecule has 3 heterocycles. The van der Waals surface area contributed by atoms with Crippen LogP contribution < -0.4 is 0 Å². The Labute approximate surface area is 234 Å². The van der Waals surface area contributed by atoms with Gasteiger partial charge in [-0.25, -0.2) is 9.18 Å². The maximum absolute atomic E-state index is 14.1. The molecule has 2 unspecified atom stereocenters. The van der Waals surface area contributed by atoms with Gasteiger partial charge in [0, 0.05) is 44.1 Å². The number of carbonyl (C=O) groups excluding carboxylic acids is 2. The zero-order chi connectivity index (χ0) is 27.8. The van der Waals surface area contributed by atoms with Crippen LogP contribution in [-0.4, -0.2) is 77.6 Å². The summed E-state index contributed by atoms with van der Waals surface area (Å²) in [6.45, 7) is 13.0. The summed E-state index contributed by atoms with van der Waals surface area (Å²) in [5.41, 5.74) is 0.802. The van der Waals surface area contributed by atoms with Gasteiger partial charge in [-0.05, 0) is 95.4 Å². The third kappa shape index (κ3) is 5.84. The molecule has 1 aromatic rings. The molecule has 216 valence electrons. The second kappa shape index (κ2) is 11.4. The summed E-state index contributed by atoms with van der Waals surface area (Å²) in [4.78, 5) is 33.4. The lowest BCUT2D eigenvalue weighted by molar-refractivity contribution is -0.142. The van der Waals surface area contributed by atoms with Crippen molar-refractivity contribution < 1.29 is 18.7 Å². The fraction of sp³-hybridized carbons (Fsp3) is 0.750. The third-order valence-corrected chi connectivity index (χ3v) is 10.5. The lowest BCUT2D eigenvalue weighted by atomic mass is 9.63. The topological polar surface area (TPSA) is 53.1 Å². The molecule has 7 heteroatoms. The van der Waals surface area contributed by atoms with E-state index >= 15 is 0 Å². The van der Waals surface area contributed by atoms with E-state index in [0.29, 0.717) is 18.6 Å². The van der Waals surface area contributed by atoms with Crippen LogP contribution in [0.15, 0.2) is 24.3 Å². The summed E-state index contributed by atoms with van der Waals surface area (Å²) in [5.74, 6) is 0.595. The van der Waals surface area contributed by atoms with Crippen LogP contribution in [0, 0.1) is 23.1 Å². The highest BCUT2D eigenvalue weighted by Crippen LogP contribution is 2.48. The lowest BCUT2D eigenvalue weighted by Gasteiger charge is -2.51. The monoisotopic (exact) mass is 541 g/mol. The maximum atomic E-state index is 14.1. The standard InChI is InChI=1S/C32H48FN3O3/c1-23(2)35-17-14-27(28(20-35)24-10-12-26(33)13-11-24)29(37)34-18-15-32(16-19-34,25-8-6-5-7-9-25)21-36-30(38)39-22-31(36,3)4/h10-13,23,25,27-28H,5-9,14-22H2,1-4H3. The van der Waals surface area contributed by atoms with Gasteiger partial charge in [0.1, 0.15) is 12.4 Å². The van der Waals surface area contributed by atoms with Gasteiger partial charge in [-0.1, -0.05) is 31.4 Å². The average molecular weight is 542 g/mol. The lowest BCUT2D eigenvalue weighted by Crippen LogP contribution is -2.56. The SMILES string of the molecule is CC(C)N1CCC(C(=O)N2CCC(CN3C(=O)OCC3(C)C)(C3CCCCC3)CC2)C(c2ccc(F)cc2)C1. The summed E-state index contributed by atoms with van der Waals surface area (Å²) in [6, 6.07) is 7.19. The van der Waals surface area contributed by atoms with E-state index in [-0.39, 0.29) is 40.6 Å². The predicted octanol–water partition coefficient (Wildman–Crippen LogP) is 6.06. The first-order valence-corrected chi connectivity index (χ1v) is 15.3. The number of rotatable bonds is 6. The minimum Gasteiger partial charge on any atom is -0.447 e. The number of halogens is 1. The molecule has 2 atom stereocenters. The first-order valence-electron chi connectivity index (χ1n) is 15.3. The first kappa shape index (κ1) is 28.4. The number of likely N-dealkylation sites (tertiary alicyclic amines) is 2. The minimum atomic E-state index is -0.293. The number of amides is 2. The number of carbonyl (C=O) groups is 2. The van der Waals surface area contributed by atoms with E-state index in [0.717, 1.165) is 57.5 Å². The fourth-order valence-corrected chi connectivity index (χ4v) is 7.84. The van der Waals surface area contributed by atoms with Crippen molar-refractivity contribution in [3.8, 4) is 0 Å². The van der Waals surface area contributed by atoms with Gasteiger partial charge in [-0.15, -0.1) is 0 Å². The van der Waals surface area contributed by atoms with Crippen LogP contribution in [0.3, 0.4) is 0 Å². The van der Waals surface area contributed by atoms with Crippen LogP contribution in [0.2, 0.25) is 0 Å². The van der Waals surface area contributed by atoms with Crippen molar-refractivity contribution in [3.05, 3.63) is 35.6 Å². The molecule has 5 rings (SSSR count). The molecule has 4 aliphatic rings. The van der Waals surface area contributed by atoms with Crippen LogP contribution in [0.25, 0.3) is 0 Å². The second-order valence-electron chi connectivity index (χ2n) is 13.6. The second-order valence-corrected chi connectivity index (χ2v) is 13.6. The average Bonchev–Trinajstić information content (AvgIpc) is 3.20. The molecule has 1 aromatic carbocycles. The van der Waals surface area contributed by atoms with Crippen molar-refractivity contribution >= 4 is 12.0 Å². The Morgan fingerprint density at radius 3 is 2.28 bits per heavy atom. The van der Waals surface area contributed by atoms with E-state index in [1.807, 2.05) is 17.0 Å². The van der Waals surface area contributed by atoms with E-state index in [1.54, 1.807) is 0 Å². The first-order chi connectivity index (χ1) is 18.6. The Morgan fingerprint density at radius 1 is 1.03 bits per heavy atom. The minimum absolute atomic E-state index is 0.0369. The maximum Gasteiger partial charge on any atom is 0.410 e. The van der Waals surface area contributed by atoms with Crippen molar-refractivity contribution in [1.29, 1.82) is 0 Å². The summed E-state index contributed by atoms with van der Waals surface area (Å²) in [6.07, 6.45) is 8.78. The molecule has 0 bridgehead atoms. The van der Waals surface area contributed by atoms with Crippen molar-refractivity contribution in [2.24, 2.45) is 17.3 Å². The molecule has 39 heavy (non-hydrogen) atoms. The van der Waals surface area contributed by atoms with E-state index in [4.69, 9.17) is 4.74 Å². The molecule has 0 aromatic heterocycles. The van der Waals surface area contributed by atoms with E-state index < -0.39 is 0 Å². The van der Waals surface area contributed by atoms with Gasteiger partial charge in [-0.2, -0.15) is 0 Å². The summed E-state index contributed by atoms with van der Waals surface area (Å²) < 4.78 is 19.2. The zero-order valence-corrected chi connectivity index (χ0v) is 24.5. The Bertz CT molecular complexity index is 1010. The van der Waals surface area contributed by atoms with Crippen LogP contribution in [0.5, 0.6) is 0 Å². The molecule has 0 radical (unpaired) electrons. The van der Waals surface area contributed by atoms with E-state index in [2.05, 4.69) is 37.5 Å². The van der Waals surface area contributed by atoms with Crippen molar-refractivity contribution in [2.75, 3.05) is 39.3 Å². The quantitative estimate of drug-likeness (QED) is 0.439. The number of cyclic esters (lactones) is 1. The number of benzene rings is 1. The Balaban J connectivity index is 1.33. The largest absolute Gasteiger partial charge is 0.447 e. The summed E-state index contributed by atoms with van der Waals surface area (Å²) in [5, 5.41) is 0. The van der Waals surface area contributed by atoms with Crippen LogP contribution in [0.1, 0.15) is 90.5 Å². The fourth-order valence-electron chi connectivity index (χ4n) is 7.84. The molecule has 3 saturated heterocycles. The number of nitrogens with zero attached hydrogens (tertiary/aromatic N) is 3. The van der Waals surface area contributed by atoms with Crippen molar-refractivity contribution in [1.82, 2.24) is 14.7 Å². The number of piperidine rings is 2. The Kier molecular flexibility index (Phi) is 8.28. The van der Waals surface area contributed by atoms with Crippen LogP contribution in [-0.2, 0) is 9.53 Å². The van der Waals surface area contributed by atoms with E-state index in [1.165, 1.54) is 44.2 Å². The molecule has 0 spiro atoms. The Morgan fingerprint density at radius 2 is 1.69 bits per heavy atom. The molecule has 1 saturated carbocycles. The summed E-state index contributed by atoms with van der Waals surface area (Å²) >= 11 is 0. The molecule has 2 amide bonds. The normalized spacial score (nSPS) is 28.1. The smallest absolute Gasteiger partial charge is 0.410 e. The van der Waals surface area contributed by atoms with Gasteiger partial charge in [-0.3, -0.25) is 9.69 Å². The molecule has 3 aliphatic heterocycles. The zero-order valence-electron chi connectivity index (χ0n) is 24.5. The number of hydrogen-bond acceptors (Lipinski definition) is 4. The highest BCUT2D eigenvalue weighted by atomic mass is 19.1. The Hall–Kier alpha value is -2.15. The highest BCUT2D eigenvalue weighted by Gasteiger charge is 2.50. The van der Waals surface area contributed by atoms with Gasteiger partial charge in [0.05, 0.1) is 5.54 Å². The van der Waals surface area contributed by atoms with Gasteiger partial charge < -0.3 is 14.5 Å². The predicted molar refractivity (Wildman–Crippen MR) is 151 cm³/mol. The van der Waals surface area contributed by atoms with Crippen molar-refractivity contribution in [2.45, 2.75) is 96.6 Å². The number of hydrogen-bond donors (Lipinski definition) is 0. The van der Waals surface area contributed by atoms with Gasteiger partial charge >= 0.3 is 6.09 Å². The van der Waals surface area contributed by atoms with Crippen LogP contribution >= 0.6 is 0 Å². The van der Waals surface area contributed by atoms with Crippen LogP contribution in [0.4, 0.5) is 9.18 Å². The molecule has 4 fully saturated rings. The highest BCUT2D eigenvalue weighted by molar-refractivity contribution is 5.80. The van der Waals surface area contributed by atoms with Gasteiger partial charge in [0.2, 0.25) is 5.91 Å². The van der Waals surface area contributed by atoms with E-state index in [9.17, 15) is 14.0 Å². The van der Waals surface area contributed by atoms with Gasteiger partial charge in [0.25, 0.3) is 0 Å². The summed E-state index contributed by atoms with van der Waals surface area (Å²) in [7, 11) is 0. The molecule has 1 aliphatic carbocycles. The third-order valence-electron chi connectivity index (χ3n) is 10.5. The molecule has 6 nitrogen and oxygen atoms in total.